The van der Waals surface area contributed by atoms with Crippen molar-refractivity contribution in [1.29, 1.82) is 0 Å². The molecule has 2 rings (SSSR count). The molecule has 4 N–H and O–H groups in total. The molecule has 0 saturated carbocycles. The summed E-state index contributed by atoms with van der Waals surface area (Å²) in [5.74, 6) is -1.28. The van der Waals surface area contributed by atoms with Gasteiger partial charge in [-0.2, -0.15) is 0 Å². The molecule has 1 saturated heterocycles. The maximum Gasteiger partial charge on any atom is 0.333 e. The number of carboxylic acids is 1. The molecule has 3 atom stereocenters. The molecular formula is C18H24ClNO7. The van der Waals surface area contributed by atoms with E-state index in [2.05, 4.69) is 0 Å². The van der Waals surface area contributed by atoms with E-state index in [9.17, 15) is 14.7 Å². The van der Waals surface area contributed by atoms with Gasteiger partial charge in [0.15, 0.2) is 6.10 Å². The first-order chi connectivity index (χ1) is 12.6. The van der Waals surface area contributed by atoms with E-state index in [1.807, 2.05) is 0 Å². The highest BCUT2D eigenvalue weighted by Gasteiger charge is 2.34. The van der Waals surface area contributed by atoms with Crippen LogP contribution in [0.1, 0.15) is 37.8 Å². The first-order valence-electron chi connectivity index (χ1n) is 8.51. The number of esters is 1. The summed E-state index contributed by atoms with van der Waals surface area (Å²) in [7, 11) is 0. The molecule has 3 unspecified atom stereocenters. The van der Waals surface area contributed by atoms with Crippen LogP contribution >= 0.6 is 11.6 Å². The summed E-state index contributed by atoms with van der Waals surface area (Å²) in [5.41, 5.74) is 7.09. The number of benzene rings is 1. The van der Waals surface area contributed by atoms with Crippen LogP contribution in [0.25, 0.3) is 0 Å². The molecule has 8 nitrogen and oxygen atoms in total. The molecule has 1 aromatic rings. The second kappa shape index (κ2) is 8.88. The molecule has 0 radical (unpaired) electrons. The van der Waals surface area contributed by atoms with Crippen LogP contribution in [0, 0.1) is 0 Å². The molecule has 150 valence electrons. The minimum absolute atomic E-state index is 0.0141. The third kappa shape index (κ3) is 6.07. The van der Waals surface area contributed by atoms with Crippen molar-refractivity contribution in [2.45, 2.75) is 63.2 Å². The van der Waals surface area contributed by atoms with Crippen molar-refractivity contribution in [3.63, 3.8) is 0 Å². The maximum atomic E-state index is 11.7. The molecule has 9 heteroatoms. The number of carbonyl (C=O) groups excluding carboxylic acids is 1. The van der Waals surface area contributed by atoms with E-state index in [4.69, 9.17) is 36.7 Å². The van der Waals surface area contributed by atoms with Gasteiger partial charge in [-0.3, -0.25) is 4.79 Å². The van der Waals surface area contributed by atoms with Gasteiger partial charge in [0.2, 0.25) is 6.29 Å². The molecule has 27 heavy (non-hydrogen) atoms. The fourth-order valence-electron chi connectivity index (χ4n) is 2.55. The standard InChI is InChI=1S/C18H24ClNO7/c1-18(2,19)17(24)25-9-10-3-4-13(11(5-10)8-20)26-15-7-12(21)6-14(27-15)16(22)23/h3-5,12,14-15,21H,6-9,20H2,1-2H3,(H,22,23). The van der Waals surface area contributed by atoms with Gasteiger partial charge >= 0.3 is 11.9 Å². The highest BCUT2D eigenvalue weighted by molar-refractivity contribution is 6.33. The molecule has 1 aliphatic heterocycles. The molecule has 1 fully saturated rings. The molecule has 1 aliphatic rings. The van der Waals surface area contributed by atoms with Gasteiger partial charge in [0.05, 0.1) is 6.10 Å². The first kappa shape index (κ1) is 21.4. The average Bonchev–Trinajstić information content (AvgIpc) is 2.59. The Hall–Kier alpha value is -1.87. The summed E-state index contributed by atoms with van der Waals surface area (Å²) >= 11 is 5.90. The number of carbonyl (C=O) groups is 2. The van der Waals surface area contributed by atoms with Gasteiger partial charge in [-0.15, -0.1) is 11.6 Å². The SMILES string of the molecule is CC(C)(Cl)C(=O)OCc1ccc(OC2CC(O)CC(C(=O)O)O2)c(CN)c1. The summed E-state index contributed by atoms with van der Waals surface area (Å²) in [6.45, 7) is 3.27. The minimum atomic E-state index is -1.15. The number of hydrogen-bond donors (Lipinski definition) is 3. The Balaban J connectivity index is 2.05. The highest BCUT2D eigenvalue weighted by Crippen LogP contribution is 2.27. The van der Waals surface area contributed by atoms with Gasteiger partial charge in [0, 0.05) is 24.9 Å². The Kier molecular flexibility index (Phi) is 7.05. The van der Waals surface area contributed by atoms with E-state index in [0.29, 0.717) is 16.9 Å². The van der Waals surface area contributed by atoms with Crippen molar-refractivity contribution in [3.8, 4) is 5.75 Å². The van der Waals surface area contributed by atoms with E-state index in [1.54, 1.807) is 32.0 Å². The van der Waals surface area contributed by atoms with E-state index in [0.717, 1.165) is 0 Å². The Morgan fingerprint density at radius 1 is 1.37 bits per heavy atom. The predicted molar refractivity (Wildman–Crippen MR) is 96.2 cm³/mol. The second-order valence-electron chi connectivity index (χ2n) is 6.83. The van der Waals surface area contributed by atoms with Crippen molar-refractivity contribution in [2.75, 3.05) is 0 Å². The van der Waals surface area contributed by atoms with Gasteiger partial charge in [-0.1, -0.05) is 6.07 Å². The van der Waals surface area contributed by atoms with Crippen LogP contribution in [0.2, 0.25) is 0 Å². The molecule has 0 amide bonds. The molecular weight excluding hydrogens is 378 g/mol. The van der Waals surface area contributed by atoms with E-state index in [-0.39, 0.29) is 26.0 Å². The molecule has 1 aromatic carbocycles. The average molecular weight is 402 g/mol. The number of halogens is 1. The van der Waals surface area contributed by atoms with Crippen molar-refractivity contribution in [3.05, 3.63) is 29.3 Å². The van der Waals surface area contributed by atoms with Gasteiger partial charge in [-0.25, -0.2) is 4.79 Å². The zero-order chi connectivity index (χ0) is 20.2. The minimum Gasteiger partial charge on any atom is -0.479 e. The molecule has 0 aliphatic carbocycles. The quantitative estimate of drug-likeness (QED) is 0.463. The fourth-order valence-corrected chi connectivity index (χ4v) is 2.61. The Morgan fingerprint density at radius 2 is 2.07 bits per heavy atom. The summed E-state index contributed by atoms with van der Waals surface area (Å²) in [5, 5.41) is 18.9. The van der Waals surface area contributed by atoms with Crippen molar-refractivity contribution >= 4 is 23.5 Å². The zero-order valence-electron chi connectivity index (χ0n) is 15.2. The number of rotatable bonds is 7. The molecule has 0 spiro atoms. The fraction of sp³-hybridized carbons (Fsp3) is 0.556. The molecule has 0 bridgehead atoms. The predicted octanol–water partition coefficient (Wildman–Crippen LogP) is 1.54. The lowest BCUT2D eigenvalue weighted by molar-refractivity contribution is -0.195. The summed E-state index contributed by atoms with van der Waals surface area (Å²) in [6, 6.07) is 5.05. The smallest absolute Gasteiger partial charge is 0.333 e. The lowest BCUT2D eigenvalue weighted by Crippen LogP contribution is -2.42. The number of aliphatic hydroxyl groups excluding tert-OH is 1. The normalized spacial score (nSPS) is 22.9. The van der Waals surface area contributed by atoms with Crippen molar-refractivity contribution in [2.24, 2.45) is 5.73 Å². The van der Waals surface area contributed by atoms with Gasteiger partial charge in [0.25, 0.3) is 0 Å². The number of nitrogens with two attached hydrogens (primary N) is 1. The third-order valence-electron chi connectivity index (χ3n) is 4.00. The lowest BCUT2D eigenvalue weighted by atomic mass is 10.1. The maximum absolute atomic E-state index is 11.7. The number of alkyl halides is 1. The van der Waals surface area contributed by atoms with Gasteiger partial charge in [-0.05, 0) is 31.5 Å². The molecule has 0 aromatic heterocycles. The number of ether oxygens (including phenoxy) is 3. The van der Waals surface area contributed by atoms with E-state index in [1.165, 1.54) is 0 Å². The first-order valence-corrected chi connectivity index (χ1v) is 8.89. The van der Waals surface area contributed by atoms with Crippen LogP contribution in [0.15, 0.2) is 18.2 Å². The third-order valence-corrected chi connectivity index (χ3v) is 4.16. The van der Waals surface area contributed by atoms with Gasteiger partial charge in [0.1, 0.15) is 17.2 Å². The van der Waals surface area contributed by atoms with Gasteiger partial charge < -0.3 is 30.2 Å². The summed E-state index contributed by atoms with van der Waals surface area (Å²) in [6.07, 6.45) is -2.69. The Bertz CT molecular complexity index is 689. The van der Waals surface area contributed by atoms with E-state index < -0.39 is 35.3 Å². The topological polar surface area (TPSA) is 128 Å². The van der Waals surface area contributed by atoms with Crippen LogP contribution in [0.5, 0.6) is 5.75 Å². The second-order valence-corrected chi connectivity index (χ2v) is 7.78. The van der Waals surface area contributed by atoms with Crippen LogP contribution in [-0.2, 0) is 32.2 Å². The highest BCUT2D eigenvalue weighted by atomic mass is 35.5. The van der Waals surface area contributed by atoms with E-state index >= 15 is 0 Å². The van der Waals surface area contributed by atoms with Crippen molar-refractivity contribution in [1.82, 2.24) is 0 Å². The zero-order valence-corrected chi connectivity index (χ0v) is 15.9. The van der Waals surface area contributed by atoms with Crippen molar-refractivity contribution < 1.29 is 34.0 Å². The van der Waals surface area contributed by atoms with Crippen LogP contribution < -0.4 is 10.5 Å². The van der Waals surface area contributed by atoms with Crippen LogP contribution in [0.3, 0.4) is 0 Å². The number of aliphatic hydroxyl groups is 1. The lowest BCUT2D eigenvalue weighted by Gasteiger charge is -2.31. The number of carboxylic acid groups (broad SMARTS) is 1. The Morgan fingerprint density at radius 3 is 2.67 bits per heavy atom. The molecule has 1 heterocycles. The number of aliphatic carboxylic acids is 1. The largest absolute Gasteiger partial charge is 0.479 e. The monoisotopic (exact) mass is 401 g/mol. The number of hydrogen-bond acceptors (Lipinski definition) is 7. The van der Waals surface area contributed by atoms with Crippen LogP contribution in [0.4, 0.5) is 0 Å². The summed E-state index contributed by atoms with van der Waals surface area (Å²) in [4.78, 5) is 21.7. The van der Waals surface area contributed by atoms with Crippen LogP contribution in [-0.4, -0.2) is 45.5 Å². The Labute approximate surface area is 162 Å². The summed E-state index contributed by atoms with van der Waals surface area (Å²) < 4.78 is 16.2.